The number of para-hydroxylation sites is 1. The number of hydrogen-bond acceptors (Lipinski definition) is 3. The molecular formula is C19H16N2O. The van der Waals surface area contributed by atoms with Crippen molar-refractivity contribution < 1.29 is 4.42 Å². The molecule has 0 atom stereocenters. The fourth-order valence-electron chi connectivity index (χ4n) is 2.72. The summed E-state index contributed by atoms with van der Waals surface area (Å²) < 4.78 is 5.79. The maximum Gasteiger partial charge on any atom is 0.297 e. The molecule has 0 fully saturated rings. The zero-order valence-corrected chi connectivity index (χ0v) is 12.6. The fraction of sp³-hybridized carbons (Fsp3) is 0.105. The minimum absolute atomic E-state index is 0.628. The van der Waals surface area contributed by atoms with Crippen molar-refractivity contribution in [2.24, 2.45) is 0 Å². The van der Waals surface area contributed by atoms with Gasteiger partial charge in [-0.05, 0) is 28.5 Å². The molecule has 3 aromatic carbocycles. The number of nitrogens with zero attached hydrogens (tertiary/aromatic N) is 2. The predicted molar refractivity (Wildman–Crippen MR) is 91.3 cm³/mol. The molecule has 0 saturated heterocycles. The SMILES string of the molecule is CN(C)c1nc2c(-c3ccc4ccccc4c3)cccc2o1. The molecule has 3 nitrogen and oxygen atoms in total. The first-order chi connectivity index (χ1) is 10.7. The van der Waals surface area contributed by atoms with E-state index in [2.05, 4.69) is 53.5 Å². The summed E-state index contributed by atoms with van der Waals surface area (Å²) in [4.78, 5) is 6.51. The number of fused-ring (bicyclic) bond motifs is 2. The molecule has 1 aromatic heterocycles. The molecule has 0 aliphatic rings. The maximum absolute atomic E-state index is 5.79. The summed E-state index contributed by atoms with van der Waals surface area (Å²) in [6.07, 6.45) is 0. The zero-order chi connectivity index (χ0) is 15.1. The molecule has 0 aliphatic carbocycles. The topological polar surface area (TPSA) is 29.3 Å². The normalized spacial score (nSPS) is 11.2. The predicted octanol–water partition coefficient (Wildman–Crippen LogP) is 4.71. The van der Waals surface area contributed by atoms with E-state index in [0.29, 0.717) is 6.01 Å². The second-order valence-corrected chi connectivity index (χ2v) is 5.61. The average Bonchev–Trinajstić information content (AvgIpc) is 2.99. The summed E-state index contributed by atoms with van der Waals surface area (Å²) in [7, 11) is 3.86. The lowest BCUT2D eigenvalue weighted by Crippen LogP contribution is -2.08. The van der Waals surface area contributed by atoms with E-state index >= 15 is 0 Å². The number of anilines is 1. The smallest absolute Gasteiger partial charge is 0.297 e. The molecule has 0 saturated carbocycles. The van der Waals surface area contributed by atoms with Crippen LogP contribution in [0.15, 0.2) is 65.1 Å². The number of hydrogen-bond donors (Lipinski definition) is 0. The monoisotopic (exact) mass is 288 g/mol. The third kappa shape index (κ3) is 2.02. The Bertz CT molecular complexity index is 969. The van der Waals surface area contributed by atoms with E-state index in [-0.39, 0.29) is 0 Å². The molecule has 1 heterocycles. The molecule has 3 heteroatoms. The van der Waals surface area contributed by atoms with Crippen LogP contribution in [0.2, 0.25) is 0 Å². The lowest BCUT2D eigenvalue weighted by Gasteiger charge is -2.05. The molecule has 0 radical (unpaired) electrons. The van der Waals surface area contributed by atoms with Crippen molar-refractivity contribution >= 4 is 27.9 Å². The first-order valence-corrected chi connectivity index (χ1v) is 7.28. The highest BCUT2D eigenvalue weighted by molar-refractivity contribution is 5.95. The minimum Gasteiger partial charge on any atom is -0.423 e. The van der Waals surface area contributed by atoms with Gasteiger partial charge >= 0.3 is 0 Å². The number of benzene rings is 3. The van der Waals surface area contributed by atoms with E-state index in [1.807, 2.05) is 31.1 Å². The highest BCUT2D eigenvalue weighted by Gasteiger charge is 2.12. The molecular weight excluding hydrogens is 272 g/mol. The average molecular weight is 288 g/mol. The molecule has 0 aliphatic heterocycles. The van der Waals surface area contributed by atoms with Gasteiger partial charge < -0.3 is 9.32 Å². The lowest BCUT2D eigenvalue weighted by molar-refractivity contribution is 0.597. The highest BCUT2D eigenvalue weighted by Crippen LogP contribution is 2.32. The van der Waals surface area contributed by atoms with Gasteiger partial charge in [0.15, 0.2) is 5.58 Å². The Morgan fingerprint density at radius 3 is 2.50 bits per heavy atom. The molecule has 0 bridgehead atoms. The Balaban J connectivity index is 1.95. The molecule has 4 aromatic rings. The van der Waals surface area contributed by atoms with Gasteiger partial charge in [-0.15, -0.1) is 0 Å². The second kappa shape index (κ2) is 4.88. The first kappa shape index (κ1) is 12.9. The fourth-order valence-corrected chi connectivity index (χ4v) is 2.72. The standard InChI is InChI=1S/C19H16N2O/c1-21(2)19-20-18-16(8-5-9-17(18)22-19)15-11-10-13-6-3-4-7-14(13)12-15/h3-12H,1-2H3. The summed E-state index contributed by atoms with van der Waals surface area (Å²) in [5.74, 6) is 0. The molecule has 4 rings (SSSR count). The van der Waals surface area contributed by atoms with Gasteiger partial charge in [0.25, 0.3) is 6.01 Å². The van der Waals surface area contributed by atoms with Crippen molar-refractivity contribution in [1.82, 2.24) is 4.98 Å². The quantitative estimate of drug-likeness (QED) is 0.534. The lowest BCUT2D eigenvalue weighted by atomic mass is 10.0. The highest BCUT2D eigenvalue weighted by atomic mass is 16.4. The summed E-state index contributed by atoms with van der Waals surface area (Å²) in [6, 6.07) is 21.6. The van der Waals surface area contributed by atoms with Gasteiger partial charge in [0, 0.05) is 19.7 Å². The molecule has 0 spiro atoms. The molecule has 22 heavy (non-hydrogen) atoms. The zero-order valence-electron chi connectivity index (χ0n) is 12.6. The van der Waals surface area contributed by atoms with Crippen LogP contribution in [0.3, 0.4) is 0 Å². The van der Waals surface area contributed by atoms with Crippen molar-refractivity contribution in [3.05, 3.63) is 60.7 Å². The van der Waals surface area contributed by atoms with Crippen LogP contribution in [0, 0.1) is 0 Å². The summed E-state index contributed by atoms with van der Waals surface area (Å²) in [5, 5.41) is 2.47. The Morgan fingerprint density at radius 1 is 0.864 bits per heavy atom. The van der Waals surface area contributed by atoms with Gasteiger partial charge in [-0.1, -0.05) is 48.5 Å². The van der Waals surface area contributed by atoms with Crippen LogP contribution in [0.1, 0.15) is 0 Å². The Morgan fingerprint density at radius 2 is 1.68 bits per heavy atom. The van der Waals surface area contributed by atoms with Gasteiger partial charge in [0.1, 0.15) is 5.52 Å². The first-order valence-electron chi connectivity index (χ1n) is 7.28. The molecule has 0 amide bonds. The summed E-state index contributed by atoms with van der Waals surface area (Å²) in [6.45, 7) is 0. The van der Waals surface area contributed by atoms with Crippen LogP contribution in [0.25, 0.3) is 33.0 Å². The van der Waals surface area contributed by atoms with E-state index < -0.39 is 0 Å². The third-order valence-electron chi connectivity index (χ3n) is 3.85. The van der Waals surface area contributed by atoms with Gasteiger partial charge in [0.05, 0.1) is 0 Å². The molecule has 0 unspecified atom stereocenters. The van der Waals surface area contributed by atoms with E-state index in [1.165, 1.54) is 10.8 Å². The van der Waals surface area contributed by atoms with Crippen LogP contribution in [0.5, 0.6) is 0 Å². The van der Waals surface area contributed by atoms with E-state index in [0.717, 1.165) is 22.2 Å². The van der Waals surface area contributed by atoms with E-state index in [9.17, 15) is 0 Å². The van der Waals surface area contributed by atoms with Crippen molar-refractivity contribution in [2.45, 2.75) is 0 Å². The Labute approximate surface area is 128 Å². The van der Waals surface area contributed by atoms with Crippen LogP contribution in [-0.4, -0.2) is 19.1 Å². The van der Waals surface area contributed by atoms with E-state index in [4.69, 9.17) is 4.42 Å². The number of oxazole rings is 1. The van der Waals surface area contributed by atoms with Crippen molar-refractivity contribution in [3.63, 3.8) is 0 Å². The maximum atomic E-state index is 5.79. The number of aromatic nitrogens is 1. The van der Waals surface area contributed by atoms with Gasteiger partial charge in [-0.3, -0.25) is 0 Å². The van der Waals surface area contributed by atoms with Gasteiger partial charge in [0.2, 0.25) is 0 Å². The molecule has 0 N–H and O–H groups in total. The van der Waals surface area contributed by atoms with Gasteiger partial charge in [-0.25, -0.2) is 0 Å². The Hall–Kier alpha value is -2.81. The van der Waals surface area contributed by atoms with Crippen LogP contribution in [-0.2, 0) is 0 Å². The van der Waals surface area contributed by atoms with Crippen molar-refractivity contribution in [2.75, 3.05) is 19.0 Å². The van der Waals surface area contributed by atoms with E-state index in [1.54, 1.807) is 0 Å². The number of rotatable bonds is 2. The second-order valence-electron chi connectivity index (χ2n) is 5.61. The third-order valence-corrected chi connectivity index (χ3v) is 3.85. The van der Waals surface area contributed by atoms with Crippen molar-refractivity contribution in [1.29, 1.82) is 0 Å². The Kier molecular flexibility index (Phi) is 2.86. The van der Waals surface area contributed by atoms with Gasteiger partial charge in [-0.2, -0.15) is 4.98 Å². The van der Waals surface area contributed by atoms with Crippen LogP contribution >= 0.6 is 0 Å². The minimum atomic E-state index is 0.628. The van der Waals surface area contributed by atoms with Crippen LogP contribution < -0.4 is 4.90 Å². The van der Waals surface area contributed by atoms with Crippen molar-refractivity contribution in [3.8, 4) is 11.1 Å². The van der Waals surface area contributed by atoms with Crippen LogP contribution in [0.4, 0.5) is 6.01 Å². The largest absolute Gasteiger partial charge is 0.423 e. The molecule has 108 valence electrons. The summed E-state index contributed by atoms with van der Waals surface area (Å²) in [5.41, 5.74) is 3.97. The summed E-state index contributed by atoms with van der Waals surface area (Å²) >= 11 is 0.